The third kappa shape index (κ3) is 2.98. The average molecular weight is 249 g/mol. The largest absolute Gasteiger partial charge is 0.371 e. The standard InChI is InChI=1S/C15H23NS/c1-12-6-7-14-13(9-12)5-4-8-16(14)10-15(2,3)11-17/h6-7,9,17H,4-5,8,10-11H2,1-3H3. The van der Waals surface area contributed by atoms with Crippen LogP contribution in [-0.2, 0) is 6.42 Å². The van der Waals surface area contributed by atoms with Gasteiger partial charge in [0.15, 0.2) is 0 Å². The number of benzene rings is 1. The fourth-order valence-corrected chi connectivity index (χ4v) is 2.63. The van der Waals surface area contributed by atoms with Gasteiger partial charge in [-0.1, -0.05) is 31.5 Å². The molecule has 1 aromatic carbocycles. The van der Waals surface area contributed by atoms with Gasteiger partial charge in [0.2, 0.25) is 0 Å². The van der Waals surface area contributed by atoms with Crippen LogP contribution in [0.15, 0.2) is 18.2 Å². The van der Waals surface area contributed by atoms with Gasteiger partial charge in [-0.15, -0.1) is 0 Å². The highest BCUT2D eigenvalue weighted by molar-refractivity contribution is 7.80. The first-order valence-corrected chi connectivity index (χ1v) is 7.10. The summed E-state index contributed by atoms with van der Waals surface area (Å²) in [4.78, 5) is 2.54. The van der Waals surface area contributed by atoms with E-state index in [1.807, 2.05) is 0 Å². The van der Waals surface area contributed by atoms with Crippen molar-refractivity contribution in [3.05, 3.63) is 29.3 Å². The van der Waals surface area contributed by atoms with E-state index in [1.165, 1.54) is 36.2 Å². The second kappa shape index (κ2) is 4.93. The summed E-state index contributed by atoms with van der Waals surface area (Å²) in [6.07, 6.45) is 2.51. The zero-order valence-electron chi connectivity index (χ0n) is 11.2. The summed E-state index contributed by atoms with van der Waals surface area (Å²) < 4.78 is 0. The van der Waals surface area contributed by atoms with Gasteiger partial charge >= 0.3 is 0 Å². The highest BCUT2D eigenvalue weighted by Gasteiger charge is 2.24. The molecular formula is C15H23NS. The lowest BCUT2D eigenvalue weighted by Crippen LogP contribution is -2.38. The number of nitrogens with zero attached hydrogens (tertiary/aromatic N) is 1. The molecule has 0 aliphatic carbocycles. The van der Waals surface area contributed by atoms with Crippen LogP contribution in [0.1, 0.15) is 31.4 Å². The van der Waals surface area contributed by atoms with Gasteiger partial charge < -0.3 is 4.90 Å². The normalized spacial score (nSPS) is 15.9. The zero-order chi connectivity index (χ0) is 12.5. The molecule has 1 aromatic rings. The van der Waals surface area contributed by atoms with Crippen LogP contribution in [0, 0.1) is 12.3 Å². The van der Waals surface area contributed by atoms with Gasteiger partial charge in [0, 0.05) is 18.8 Å². The van der Waals surface area contributed by atoms with Crippen molar-refractivity contribution in [2.24, 2.45) is 5.41 Å². The van der Waals surface area contributed by atoms with E-state index >= 15 is 0 Å². The van der Waals surface area contributed by atoms with E-state index in [0.717, 1.165) is 12.3 Å². The molecule has 0 N–H and O–H groups in total. The number of anilines is 1. The number of aryl methyl sites for hydroxylation is 2. The minimum absolute atomic E-state index is 0.280. The molecule has 1 heterocycles. The van der Waals surface area contributed by atoms with Gasteiger partial charge in [-0.25, -0.2) is 0 Å². The summed E-state index contributed by atoms with van der Waals surface area (Å²) in [5.41, 5.74) is 4.62. The van der Waals surface area contributed by atoms with Crippen LogP contribution in [0.25, 0.3) is 0 Å². The van der Waals surface area contributed by atoms with Gasteiger partial charge in [-0.05, 0) is 42.6 Å². The van der Waals surface area contributed by atoms with Gasteiger partial charge in [0.25, 0.3) is 0 Å². The van der Waals surface area contributed by atoms with Crippen molar-refractivity contribution in [3.63, 3.8) is 0 Å². The molecular weight excluding hydrogens is 226 g/mol. The van der Waals surface area contributed by atoms with Crippen molar-refractivity contribution in [1.82, 2.24) is 0 Å². The quantitative estimate of drug-likeness (QED) is 0.799. The Labute approximate surface area is 111 Å². The van der Waals surface area contributed by atoms with Crippen LogP contribution < -0.4 is 4.90 Å². The van der Waals surface area contributed by atoms with Crippen molar-refractivity contribution in [1.29, 1.82) is 0 Å². The summed E-state index contributed by atoms with van der Waals surface area (Å²) >= 11 is 4.46. The molecule has 0 saturated carbocycles. The zero-order valence-corrected chi connectivity index (χ0v) is 12.1. The molecule has 94 valence electrons. The van der Waals surface area contributed by atoms with Crippen LogP contribution in [-0.4, -0.2) is 18.8 Å². The fourth-order valence-electron chi connectivity index (χ4n) is 2.53. The number of fused-ring (bicyclic) bond motifs is 1. The average Bonchev–Trinajstić information content (AvgIpc) is 2.28. The third-order valence-corrected chi connectivity index (χ3v) is 4.35. The summed E-state index contributed by atoms with van der Waals surface area (Å²) in [7, 11) is 0. The SMILES string of the molecule is Cc1ccc2c(c1)CCCN2CC(C)(C)CS. The Kier molecular flexibility index (Phi) is 3.72. The molecule has 0 amide bonds. The first-order valence-electron chi connectivity index (χ1n) is 6.47. The van der Waals surface area contributed by atoms with Gasteiger partial charge in [-0.2, -0.15) is 12.6 Å². The lowest BCUT2D eigenvalue weighted by Gasteiger charge is -2.37. The van der Waals surface area contributed by atoms with Crippen LogP contribution >= 0.6 is 12.6 Å². The minimum Gasteiger partial charge on any atom is -0.371 e. The van der Waals surface area contributed by atoms with Crippen LogP contribution in [0.3, 0.4) is 0 Å². The molecule has 0 bridgehead atoms. The van der Waals surface area contributed by atoms with Crippen LogP contribution in [0.4, 0.5) is 5.69 Å². The summed E-state index contributed by atoms with van der Waals surface area (Å²) in [5.74, 6) is 0.935. The van der Waals surface area contributed by atoms with E-state index in [-0.39, 0.29) is 5.41 Å². The van der Waals surface area contributed by atoms with E-state index in [0.29, 0.717) is 0 Å². The monoisotopic (exact) mass is 249 g/mol. The number of thiol groups is 1. The summed E-state index contributed by atoms with van der Waals surface area (Å²) in [6.45, 7) is 9.06. The fraction of sp³-hybridized carbons (Fsp3) is 0.600. The molecule has 0 spiro atoms. The molecule has 0 saturated heterocycles. The highest BCUT2D eigenvalue weighted by Crippen LogP contribution is 2.31. The van der Waals surface area contributed by atoms with Crippen LogP contribution in [0.5, 0.6) is 0 Å². The van der Waals surface area contributed by atoms with Crippen molar-refractivity contribution in [2.45, 2.75) is 33.6 Å². The molecule has 1 aliphatic rings. The van der Waals surface area contributed by atoms with E-state index < -0.39 is 0 Å². The van der Waals surface area contributed by atoms with Gasteiger partial charge in [0.05, 0.1) is 0 Å². The van der Waals surface area contributed by atoms with E-state index in [4.69, 9.17) is 0 Å². The second-order valence-corrected chi connectivity index (χ2v) is 6.30. The smallest absolute Gasteiger partial charge is 0.0399 e. The van der Waals surface area contributed by atoms with Gasteiger partial charge in [-0.3, -0.25) is 0 Å². The third-order valence-electron chi connectivity index (χ3n) is 3.50. The topological polar surface area (TPSA) is 3.24 Å². The minimum atomic E-state index is 0.280. The number of rotatable bonds is 3. The van der Waals surface area contributed by atoms with Crippen molar-refractivity contribution in [2.75, 3.05) is 23.7 Å². The highest BCUT2D eigenvalue weighted by atomic mass is 32.1. The second-order valence-electron chi connectivity index (χ2n) is 5.98. The lowest BCUT2D eigenvalue weighted by atomic mass is 9.92. The molecule has 1 aliphatic heterocycles. The Morgan fingerprint density at radius 3 is 2.82 bits per heavy atom. The van der Waals surface area contributed by atoms with Gasteiger partial charge in [0.1, 0.15) is 0 Å². The van der Waals surface area contributed by atoms with Crippen molar-refractivity contribution >= 4 is 18.3 Å². The molecule has 0 unspecified atom stereocenters. The predicted octanol–water partition coefficient (Wildman–Crippen LogP) is 3.70. The Morgan fingerprint density at radius 2 is 2.12 bits per heavy atom. The van der Waals surface area contributed by atoms with Crippen molar-refractivity contribution < 1.29 is 0 Å². The lowest BCUT2D eigenvalue weighted by molar-refractivity contribution is 0.415. The maximum Gasteiger partial charge on any atom is 0.0399 e. The molecule has 2 rings (SSSR count). The molecule has 2 heteroatoms. The van der Waals surface area contributed by atoms with E-state index in [9.17, 15) is 0 Å². The molecule has 0 atom stereocenters. The Hall–Kier alpha value is -0.630. The molecule has 17 heavy (non-hydrogen) atoms. The Bertz CT molecular complexity index is 398. The maximum atomic E-state index is 4.46. The maximum absolute atomic E-state index is 4.46. The van der Waals surface area contributed by atoms with E-state index in [1.54, 1.807) is 0 Å². The molecule has 0 aromatic heterocycles. The molecule has 1 nitrogen and oxygen atoms in total. The number of hydrogen-bond acceptors (Lipinski definition) is 2. The number of hydrogen-bond donors (Lipinski definition) is 1. The summed E-state index contributed by atoms with van der Waals surface area (Å²) in [5, 5.41) is 0. The van der Waals surface area contributed by atoms with Crippen molar-refractivity contribution in [3.8, 4) is 0 Å². The summed E-state index contributed by atoms with van der Waals surface area (Å²) in [6, 6.07) is 6.86. The Morgan fingerprint density at radius 1 is 1.35 bits per heavy atom. The van der Waals surface area contributed by atoms with E-state index in [2.05, 4.69) is 56.5 Å². The first-order chi connectivity index (χ1) is 8.02. The molecule has 0 radical (unpaired) electrons. The first kappa shape index (κ1) is 12.8. The molecule has 0 fully saturated rings. The Balaban J connectivity index is 2.23. The predicted molar refractivity (Wildman–Crippen MR) is 79.3 cm³/mol. The van der Waals surface area contributed by atoms with Crippen LogP contribution in [0.2, 0.25) is 0 Å².